The number of anilines is 1. The summed E-state index contributed by atoms with van der Waals surface area (Å²) >= 11 is 3.10. The van der Waals surface area contributed by atoms with E-state index in [1.807, 2.05) is 13.8 Å². The smallest absolute Gasteiger partial charge is 0.201 e. The molecule has 11 heteroatoms. The molecule has 0 amide bonds. The van der Waals surface area contributed by atoms with Crippen molar-refractivity contribution in [2.75, 3.05) is 17.6 Å². The maximum absolute atomic E-state index is 13.3. The van der Waals surface area contributed by atoms with Gasteiger partial charge in [0.2, 0.25) is 5.84 Å². The minimum atomic E-state index is -1.67. The molecule has 0 fully saturated rings. The summed E-state index contributed by atoms with van der Waals surface area (Å²) in [7, 11) is -1.67. The summed E-state index contributed by atoms with van der Waals surface area (Å²) in [6.45, 7) is 4.51. The summed E-state index contributed by atoms with van der Waals surface area (Å²) in [5, 5.41) is 38.5. The van der Waals surface area contributed by atoms with E-state index in [2.05, 4.69) is 41.9 Å². The van der Waals surface area contributed by atoms with Crippen LogP contribution in [0.1, 0.15) is 13.8 Å². The molecule has 1 aromatic carbocycles. The van der Waals surface area contributed by atoms with E-state index in [1.54, 1.807) is 0 Å². The lowest BCUT2D eigenvalue weighted by Crippen LogP contribution is -2.45. The Kier molecular flexibility index (Phi) is 6.38. The van der Waals surface area contributed by atoms with Crippen LogP contribution in [0.5, 0.6) is 0 Å². The Morgan fingerprint density at radius 2 is 2.12 bits per heavy atom. The molecule has 0 atom stereocenters. The first-order valence-electron chi connectivity index (χ1n) is 7.44. The molecule has 0 spiro atoms. The average molecular weight is 434 g/mol. The number of benzene rings is 1. The Morgan fingerprint density at radius 3 is 2.64 bits per heavy atom. The zero-order valence-electron chi connectivity index (χ0n) is 13.8. The quantitative estimate of drug-likeness (QED) is 0.202. The molecule has 1 aliphatic heterocycles. The van der Waals surface area contributed by atoms with Crippen molar-refractivity contribution in [2.24, 2.45) is 25.6 Å². The van der Waals surface area contributed by atoms with E-state index in [9.17, 15) is 9.60 Å². The standard InChI is InChI=1S/C14H21BrFN7OS/c1-8(2)25(17,18)6-5-19-13-12(21-22-13)14(23-24)20-9-3-4-11(16)10(15)7-9/h3-4,7-8,24H,5-6,17-18H2,1-2H3,(H,19,22)(H,20,23). The first kappa shape index (κ1) is 19.6. The van der Waals surface area contributed by atoms with E-state index >= 15 is 0 Å². The second kappa shape index (κ2) is 8.13. The number of hydrogen-bond acceptors (Lipinski definition) is 7. The van der Waals surface area contributed by atoms with Crippen LogP contribution in [0.15, 0.2) is 38.0 Å². The topological polar surface area (TPSA) is 133 Å². The highest BCUT2D eigenvalue weighted by molar-refractivity contribution is 9.10. The second-order valence-corrected chi connectivity index (χ2v) is 9.71. The maximum atomic E-state index is 13.3. The van der Waals surface area contributed by atoms with Crippen molar-refractivity contribution >= 4 is 49.4 Å². The van der Waals surface area contributed by atoms with Crippen molar-refractivity contribution in [1.82, 2.24) is 5.32 Å². The minimum absolute atomic E-state index is 0.0963. The van der Waals surface area contributed by atoms with Gasteiger partial charge in [-0.15, -0.1) is 20.6 Å². The van der Waals surface area contributed by atoms with E-state index in [-0.39, 0.29) is 15.6 Å². The zero-order chi connectivity index (χ0) is 18.6. The van der Waals surface area contributed by atoms with Crippen LogP contribution in [0.4, 0.5) is 10.1 Å². The summed E-state index contributed by atoms with van der Waals surface area (Å²) in [6.07, 6.45) is 0. The van der Waals surface area contributed by atoms with Crippen molar-refractivity contribution in [3.05, 3.63) is 28.5 Å². The van der Waals surface area contributed by atoms with Gasteiger partial charge in [0, 0.05) is 23.2 Å². The van der Waals surface area contributed by atoms with Crippen LogP contribution in [0.25, 0.3) is 0 Å². The highest BCUT2D eigenvalue weighted by Crippen LogP contribution is 2.34. The molecule has 0 aliphatic carbocycles. The van der Waals surface area contributed by atoms with Crippen molar-refractivity contribution in [2.45, 2.75) is 19.1 Å². The molecule has 7 N–H and O–H groups in total. The van der Waals surface area contributed by atoms with Gasteiger partial charge in [-0.05, 0) is 34.1 Å². The van der Waals surface area contributed by atoms with Crippen LogP contribution in [-0.4, -0.2) is 40.1 Å². The van der Waals surface area contributed by atoms with Crippen molar-refractivity contribution in [3.63, 3.8) is 0 Å². The van der Waals surface area contributed by atoms with Crippen LogP contribution >= 0.6 is 26.3 Å². The summed E-state index contributed by atoms with van der Waals surface area (Å²) in [6, 6.07) is 4.32. The van der Waals surface area contributed by atoms with Gasteiger partial charge in [-0.1, -0.05) is 19.0 Å². The number of nitrogens with zero attached hydrogens (tertiary/aromatic N) is 3. The number of oxime groups is 1. The summed E-state index contributed by atoms with van der Waals surface area (Å²) in [5.41, 5.74) is 0.893. The lowest BCUT2D eigenvalue weighted by Gasteiger charge is -2.35. The van der Waals surface area contributed by atoms with E-state index in [4.69, 9.17) is 10.3 Å². The molecule has 0 radical (unpaired) electrons. The Labute approximate surface area is 155 Å². The summed E-state index contributed by atoms with van der Waals surface area (Å²) in [5.74, 6) is 0.790. The third kappa shape index (κ3) is 4.91. The maximum Gasteiger partial charge on any atom is 0.201 e. The van der Waals surface area contributed by atoms with Crippen LogP contribution in [0.3, 0.4) is 0 Å². The highest BCUT2D eigenvalue weighted by Gasteiger charge is 2.25. The molecule has 1 aromatic rings. The fourth-order valence-electron chi connectivity index (χ4n) is 1.85. The van der Waals surface area contributed by atoms with Gasteiger partial charge in [-0.3, -0.25) is 10.3 Å². The van der Waals surface area contributed by atoms with Crippen molar-refractivity contribution in [1.29, 1.82) is 0 Å². The van der Waals surface area contributed by atoms with Gasteiger partial charge in [0.1, 0.15) is 5.82 Å². The van der Waals surface area contributed by atoms with Crippen LogP contribution in [0.2, 0.25) is 0 Å². The molecule has 8 nitrogen and oxygen atoms in total. The van der Waals surface area contributed by atoms with Crippen LogP contribution in [-0.2, 0) is 0 Å². The van der Waals surface area contributed by atoms with Gasteiger partial charge in [0.25, 0.3) is 0 Å². The summed E-state index contributed by atoms with van der Waals surface area (Å²) < 4.78 is 13.6. The molecule has 1 aliphatic rings. The molecular formula is C14H21BrFN7OS. The Morgan fingerprint density at radius 1 is 1.40 bits per heavy atom. The van der Waals surface area contributed by atoms with Crippen LogP contribution in [0, 0.1) is 5.82 Å². The number of nitrogens with two attached hydrogens (primary N) is 2. The largest absolute Gasteiger partial charge is 0.409 e. The third-order valence-corrected chi connectivity index (χ3v) is 6.88. The Bertz CT molecular complexity index is 736. The highest BCUT2D eigenvalue weighted by atomic mass is 79.9. The fourth-order valence-corrected chi connectivity index (χ4v) is 3.16. The van der Waals surface area contributed by atoms with Gasteiger partial charge in [-0.2, -0.15) is 0 Å². The monoisotopic (exact) mass is 433 g/mol. The SMILES string of the molecule is CC(C)S(N)(N)CCNC1=NN=C1/C(=N/O)Nc1ccc(F)c(Br)c1. The predicted molar refractivity (Wildman–Crippen MR) is 106 cm³/mol. The zero-order valence-corrected chi connectivity index (χ0v) is 16.2. The van der Waals surface area contributed by atoms with Crippen molar-refractivity contribution in [3.8, 4) is 0 Å². The van der Waals surface area contributed by atoms with Gasteiger partial charge >= 0.3 is 0 Å². The van der Waals surface area contributed by atoms with Gasteiger partial charge in [0.15, 0.2) is 11.5 Å². The molecule has 0 bridgehead atoms. The van der Waals surface area contributed by atoms with Crippen molar-refractivity contribution < 1.29 is 9.60 Å². The minimum Gasteiger partial charge on any atom is -0.409 e. The van der Waals surface area contributed by atoms with Gasteiger partial charge in [-0.25, -0.2) is 4.39 Å². The third-order valence-electron chi connectivity index (χ3n) is 3.61. The van der Waals surface area contributed by atoms with Gasteiger partial charge < -0.3 is 15.8 Å². The molecule has 138 valence electrons. The average Bonchev–Trinajstić information content (AvgIpc) is 2.53. The predicted octanol–water partition coefficient (Wildman–Crippen LogP) is 2.11. The molecule has 25 heavy (non-hydrogen) atoms. The second-order valence-electron chi connectivity index (χ2n) is 5.69. The molecular weight excluding hydrogens is 413 g/mol. The molecule has 1 heterocycles. The number of rotatable bonds is 6. The first-order valence-corrected chi connectivity index (χ1v) is 10.2. The molecule has 0 unspecified atom stereocenters. The van der Waals surface area contributed by atoms with E-state index < -0.39 is 16.2 Å². The van der Waals surface area contributed by atoms with E-state index in [1.165, 1.54) is 18.2 Å². The normalized spacial score (nSPS) is 15.4. The number of halogens is 2. The first-order chi connectivity index (χ1) is 11.7. The van der Waals surface area contributed by atoms with Crippen LogP contribution < -0.4 is 20.9 Å². The molecule has 0 aromatic heterocycles. The Hall–Kier alpha value is -1.69. The Balaban J connectivity index is 1.93. The summed E-state index contributed by atoms with van der Waals surface area (Å²) in [4.78, 5) is 0. The lowest BCUT2D eigenvalue weighted by molar-refractivity contribution is 0.320. The number of amidine groups is 2. The lowest BCUT2D eigenvalue weighted by atomic mass is 10.2. The molecule has 0 saturated carbocycles. The number of nitrogens with one attached hydrogen (secondary N) is 2. The number of hydrogen-bond donors (Lipinski definition) is 5. The van der Waals surface area contributed by atoms with Gasteiger partial charge in [0.05, 0.1) is 4.47 Å². The van der Waals surface area contributed by atoms with E-state index in [0.717, 1.165) is 0 Å². The molecule has 2 rings (SSSR count). The van der Waals surface area contributed by atoms with E-state index in [0.29, 0.717) is 29.5 Å². The molecule has 0 saturated heterocycles. The fraction of sp³-hybridized carbons (Fsp3) is 0.357.